The molecule has 0 saturated carbocycles. The average Bonchev–Trinajstić information content (AvgIpc) is 2.48. The number of ketones is 2. The van der Waals surface area contributed by atoms with Gasteiger partial charge in [-0.2, -0.15) is 5.26 Å². The fourth-order valence-electron chi connectivity index (χ4n) is 2.63. The Hall–Kier alpha value is -1.51. The molecule has 122 valence electrons. The minimum Gasteiger partial charge on any atom is -0.381 e. The van der Waals surface area contributed by atoms with Crippen LogP contribution in [0.4, 0.5) is 0 Å². The Kier molecular flexibility index (Phi) is 8.00. The number of nitriles is 1. The summed E-state index contributed by atoms with van der Waals surface area (Å²) in [6.45, 7) is 5.90. The van der Waals surface area contributed by atoms with Crippen molar-refractivity contribution in [3.63, 3.8) is 0 Å². The molecule has 2 heterocycles. The summed E-state index contributed by atoms with van der Waals surface area (Å²) in [5, 5.41) is 8.93. The van der Waals surface area contributed by atoms with Gasteiger partial charge in [-0.15, -0.1) is 0 Å². The van der Waals surface area contributed by atoms with Gasteiger partial charge in [0, 0.05) is 19.6 Å². The van der Waals surface area contributed by atoms with Gasteiger partial charge < -0.3 is 9.47 Å². The number of ether oxygens (including phenoxy) is 2. The van der Waals surface area contributed by atoms with Gasteiger partial charge in [0.2, 0.25) is 0 Å². The number of carbonyl (C=O) groups excluding carboxylic acids is 2. The number of carbonyl (C=O) groups is 2. The smallest absolute Gasteiger partial charge is 0.152 e. The van der Waals surface area contributed by atoms with E-state index in [2.05, 4.69) is 6.07 Å². The van der Waals surface area contributed by atoms with Crippen molar-refractivity contribution in [3.05, 3.63) is 11.6 Å². The van der Waals surface area contributed by atoms with Crippen LogP contribution in [0.5, 0.6) is 0 Å². The van der Waals surface area contributed by atoms with Crippen LogP contribution in [0, 0.1) is 16.7 Å². The molecule has 22 heavy (non-hydrogen) atoms. The summed E-state index contributed by atoms with van der Waals surface area (Å²) in [6.07, 6.45) is 5.36. The van der Waals surface area contributed by atoms with Crippen molar-refractivity contribution >= 4 is 11.6 Å². The van der Waals surface area contributed by atoms with Crippen LogP contribution in [-0.4, -0.2) is 38.0 Å². The third-order valence-electron chi connectivity index (χ3n) is 3.82. The minimum absolute atomic E-state index is 0.0958. The second kappa shape index (κ2) is 9.50. The van der Waals surface area contributed by atoms with Crippen molar-refractivity contribution in [2.45, 2.75) is 46.0 Å². The first-order chi connectivity index (χ1) is 10.5. The van der Waals surface area contributed by atoms with Crippen molar-refractivity contribution in [2.75, 3.05) is 26.4 Å². The molecule has 0 amide bonds. The van der Waals surface area contributed by atoms with Crippen molar-refractivity contribution in [2.24, 2.45) is 5.41 Å². The molecule has 0 unspecified atom stereocenters. The highest BCUT2D eigenvalue weighted by molar-refractivity contribution is 5.87. The normalized spacial score (nSPS) is 20.1. The molecule has 2 saturated heterocycles. The highest BCUT2D eigenvalue weighted by Gasteiger charge is 2.33. The lowest BCUT2D eigenvalue weighted by molar-refractivity contribution is -0.119. The standard InChI is InChI=1S/C9H13NO2.C8H12O2/c1-8(11)6-9(7-10)2-4-12-5-3-9;1-7(9)6-8-2-4-10-5-3-8/h2-6H2,1H3;6H,2-5H2,1H3. The van der Waals surface area contributed by atoms with E-state index in [0.29, 0.717) is 32.5 Å². The zero-order valence-electron chi connectivity index (χ0n) is 13.5. The molecule has 0 radical (unpaired) electrons. The molecule has 0 bridgehead atoms. The maximum atomic E-state index is 10.9. The number of nitrogens with zero attached hydrogens (tertiary/aromatic N) is 1. The van der Waals surface area contributed by atoms with Gasteiger partial charge in [0.05, 0.1) is 24.7 Å². The molecule has 0 aromatic carbocycles. The largest absolute Gasteiger partial charge is 0.381 e. The Morgan fingerprint density at radius 3 is 2.14 bits per heavy atom. The summed E-state index contributed by atoms with van der Waals surface area (Å²) in [7, 11) is 0. The van der Waals surface area contributed by atoms with E-state index in [-0.39, 0.29) is 11.6 Å². The lowest BCUT2D eigenvalue weighted by Gasteiger charge is -2.29. The molecule has 2 rings (SSSR count). The number of rotatable bonds is 3. The van der Waals surface area contributed by atoms with Gasteiger partial charge in [-0.05, 0) is 45.6 Å². The van der Waals surface area contributed by atoms with Gasteiger partial charge in [0.25, 0.3) is 0 Å². The molecule has 5 heteroatoms. The SMILES string of the molecule is CC(=O)C=C1CCOCC1.CC(=O)CC1(C#N)CCOCC1. The lowest BCUT2D eigenvalue weighted by atomic mass is 9.78. The first-order valence-electron chi connectivity index (χ1n) is 7.74. The van der Waals surface area contributed by atoms with Crippen molar-refractivity contribution in [1.82, 2.24) is 0 Å². The van der Waals surface area contributed by atoms with Crippen molar-refractivity contribution in [1.29, 1.82) is 5.26 Å². The zero-order chi connectivity index (χ0) is 16.4. The molecule has 0 atom stereocenters. The van der Waals surface area contributed by atoms with Gasteiger partial charge in [-0.1, -0.05) is 5.57 Å². The second-order valence-corrected chi connectivity index (χ2v) is 5.91. The predicted octanol–water partition coefficient (Wildman–Crippen LogP) is 2.60. The molecule has 0 aromatic rings. The number of Topliss-reactive ketones (excluding diaryl/α,β-unsaturated/α-hetero) is 1. The van der Waals surface area contributed by atoms with E-state index in [1.165, 1.54) is 12.5 Å². The third-order valence-corrected chi connectivity index (χ3v) is 3.82. The summed E-state index contributed by atoms with van der Waals surface area (Å²) in [5.41, 5.74) is 0.808. The van der Waals surface area contributed by atoms with Crippen LogP contribution in [0.1, 0.15) is 46.0 Å². The maximum absolute atomic E-state index is 10.9. The van der Waals surface area contributed by atoms with E-state index in [9.17, 15) is 9.59 Å². The quantitative estimate of drug-likeness (QED) is 0.749. The lowest BCUT2D eigenvalue weighted by Crippen LogP contribution is -2.29. The van der Waals surface area contributed by atoms with Crippen molar-refractivity contribution < 1.29 is 19.1 Å². The summed E-state index contributed by atoms with van der Waals surface area (Å²) in [4.78, 5) is 21.5. The van der Waals surface area contributed by atoms with Gasteiger partial charge in [0.15, 0.2) is 5.78 Å². The highest BCUT2D eigenvalue weighted by atomic mass is 16.5. The van der Waals surface area contributed by atoms with Crippen LogP contribution in [0.3, 0.4) is 0 Å². The van der Waals surface area contributed by atoms with E-state index in [1.807, 2.05) is 0 Å². The van der Waals surface area contributed by atoms with Gasteiger partial charge in [-0.25, -0.2) is 0 Å². The Bertz CT molecular complexity index is 448. The molecule has 2 fully saturated rings. The number of allylic oxidation sites excluding steroid dienone is 1. The Morgan fingerprint density at radius 2 is 1.68 bits per heavy atom. The Balaban J connectivity index is 0.000000224. The van der Waals surface area contributed by atoms with E-state index in [1.54, 1.807) is 13.0 Å². The van der Waals surface area contributed by atoms with Crippen LogP contribution in [0.2, 0.25) is 0 Å². The molecule has 5 nitrogen and oxygen atoms in total. The molecule has 0 aromatic heterocycles. The predicted molar refractivity (Wildman–Crippen MR) is 82.2 cm³/mol. The van der Waals surface area contributed by atoms with Gasteiger partial charge in [-0.3, -0.25) is 9.59 Å². The van der Waals surface area contributed by atoms with E-state index in [0.717, 1.165) is 26.1 Å². The van der Waals surface area contributed by atoms with Crippen LogP contribution >= 0.6 is 0 Å². The minimum atomic E-state index is -0.427. The van der Waals surface area contributed by atoms with Gasteiger partial charge in [0.1, 0.15) is 5.78 Å². The third kappa shape index (κ3) is 6.97. The van der Waals surface area contributed by atoms with Crippen LogP contribution in [-0.2, 0) is 19.1 Å². The summed E-state index contributed by atoms with van der Waals surface area (Å²) >= 11 is 0. The Labute approximate surface area is 132 Å². The fourth-order valence-corrected chi connectivity index (χ4v) is 2.63. The number of hydrogen-bond acceptors (Lipinski definition) is 5. The maximum Gasteiger partial charge on any atom is 0.152 e. The molecular formula is C17H25NO4. The molecule has 0 N–H and O–H groups in total. The van der Waals surface area contributed by atoms with Crippen LogP contribution < -0.4 is 0 Å². The van der Waals surface area contributed by atoms with E-state index in [4.69, 9.17) is 14.7 Å². The molecule has 0 aliphatic carbocycles. The Morgan fingerprint density at radius 1 is 1.14 bits per heavy atom. The molecule has 2 aliphatic heterocycles. The summed E-state index contributed by atoms with van der Waals surface area (Å²) in [5.74, 6) is 0.246. The second-order valence-electron chi connectivity index (χ2n) is 5.91. The molecule has 0 spiro atoms. The van der Waals surface area contributed by atoms with Crippen LogP contribution in [0.15, 0.2) is 11.6 Å². The van der Waals surface area contributed by atoms with Crippen molar-refractivity contribution in [3.8, 4) is 6.07 Å². The topological polar surface area (TPSA) is 76.4 Å². The summed E-state index contributed by atoms with van der Waals surface area (Å²) in [6, 6.07) is 2.25. The zero-order valence-corrected chi connectivity index (χ0v) is 13.5. The summed E-state index contributed by atoms with van der Waals surface area (Å²) < 4.78 is 10.3. The fraction of sp³-hybridized carbons (Fsp3) is 0.706. The van der Waals surface area contributed by atoms with E-state index >= 15 is 0 Å². The first-order valence-corrected chi connectivity index (χ1v) is 7.74. The monoisotopic (exact) mass is 307 g/mol. The molecular weight excluding hydrogens is 282 g/mol. The van der Waals surface area contributed by atoms with Crippen LogP contribution in [0.25, 0.3) is 0 Å². The molecule has 2 aliphatic rings. The first kappa shape index (κ1) is 18.5. The average molecular weight is 307 g/mol. The van der Waals surface area contributed by atoms with E-state index < -0.39 is 5.41 Å². The number of hydrogen-bond donors (Lipinski definition) is 0. The highest BCUT2D eigenvalue weighted by Crippen LogP contribution is 2.33. The van der Waals surface area contributed by atoms with Gasteiger partial charge >= 0.3 is 0 Å².